The molecular weight excluding hydrogens is 232 g/mol. The second-order valence-electron chi connectivity index (χ2n) is 4.95. The number of aromatic nitrogens is 3. The first-order valence-electron chi connectivity index (χ1n) is 6.00. The van der Waals surface area contributed by atoms with E-state index in [1.807, 2.05) is 19.1 Å². The highest BCUT2D eigenvalue weighted by Crippen LogP contribution is 2.39. The number of nitrogens with zero attached hydrogens (tertiary/aromatic N) is 3. The van der Waals surface area contributed by atoms with Crippen LogP contribution in [-0.2, 0) is 4.74 Å². The molecule has 6 nitrogen and oxygen atoms in total. The van der Waals surface area contributed by atoms with Gasteiger partial charge in [0, 0.05) is 0 Å². The fourth-order valence-electron chi connectivity index (χ4n) is 2.44. The first-order valence-corrected chi connectivity index (χ1v) is 6.00. The Labute approximate surface area is 104 Å². The van der Waals surface area contributed by atoms with Crippen molar-refractivity contribution in [2.45, 2.75) is 31.5 Å². The van der Waals surface area contributed by atoms with Gasteiger partial charge in [0.05, 0.1) is 17.9 Å². The Morgan fingerprint density at radius 2 is 2.44 bits per heavy atom. The Morgan fingerprint density at radius 3 is 3.17 bits per heavy atom. The van der Waals surface area contributed by atoms with Gasteiger partial charge in [0.1, 0.15) is 17.9 Å². The summed E-state index contributed by atoms with van der Waals surface area (Å²) in [6, 6.07) is 3.84. The molecule has 1 aliphatic rings. The predicted molar refractivity (Wildman–Crippen MR) is 66.0 cm³/mol. The van der Waals surface area contributed by atoms with Gasteiger partial charge in [0.15, 0.2) is 5.82 Å². The highest BCUT2D eigenvalue weighted by molar-refractivity contribution is 5.65. The Kier molecular flexibility index (Phi) is 2.49. The third-order valence-corrected chi connectivity index (χ3v) is 3.54. The standard InChI is InChI=1S/C12H16N4O2/c1-12(6-17)5-4-10(18-12)8-2-3-9-11(13)14-7-15-16(8)9/h2-3,7,10,17H,4-6H2,1H3,(H2,13,14,15)/t10?,12-/m0/s1. The van der Waals surface area contributed by atoms with E-state index in [4.69, 9.17) is 10.5 Å². The maximum Gasteiger partial charge on any atom is 0.151 e. The largest absolute Gasteiger partial charge is 0.393 e. The van der Waals surface area contributed by atoms with Gasteiger partial charge in [-0.3, -0.25) is 0 Å². The number of hydrogen-bond acceptors (Lipinski definition) is 5. The number of hydrogen-bond donors (Lipinski definition) is 2. The van der Waals surface area contributed by atoms with E-state index in [1.165, 1.54) is 6.33 Å². The van der Waals surface area contributed by atoms with Crippen LogP contribution in [0.5, 0.6) is 0 Å². The minimum absolute atomic E-state index is 0.0317. The molecule has 2 atom stereocenters. The number of fused-ring (bicyclic) bond motifs is 1. The summed E-state index contributed by atoms with van der Waals surface area (Å²) in [5.74, 6) is 0.458. The molecule has 1 unspecified atom stereocenters. The SMILES string of the molecule is C[C@@]1(CO)CCC(c2ccc3c(N)ncnn23)O1. The Morgan fingerprint density at radius 1 is 1.61 bits per heavy atom. The van der Waals surface area contributed by atoms with Crippen LogP contribution in [0.3, 0.4) is 0 Å². The quantitative estimate of drug-likeness (QED) is 0.825. The summed E-state index contributed by atoms with van der Waals surface area (Å²) in [5, 5.41) is 13.5. The molecule has 0 bridgehead atoms. The minimum atomic E-state index is -0.451. The maximum atomic E-state index is 9.32. The van der Waals surface area contributed by atoms with Crippen molar-refractivity contribution >= 4 is 11.3 Å². The zero-order chi connectivity index (χ0) is 12.8. The number of anilines is 1. The smallest absolute Gasteiger partial charge is 0.151 e. The van der Waals surface area contributed by atoms with Crippen LogP contribution in [0, 0.1) is 0 Å². The van der Waals surface area contributed by atoms with Gasteiger partial charge in [-0.1, -0.05) is 0 Å². The predicted octanol–water partition coefficient (Wildman–Crippen LogP) is 0.914. The highest BCUT2D eigenvalue weighted by atomic mass is 16.5. The van der Waals surface area contributed by atoms with Crippen LogP contribution >= 0.6 is 0 Å². The molecule has 0 saturated carbocycles. The molecule has 3 heterocycles. The van der Waals surface area contributed by atoms with Crippen molar-refractivity contribution in [3.8, 4) is 0 Å². The molecule has 3 rings (SSSR count). The van der Waals surface area contributed by atoms with E-state index in [-0.39, 0.29) is 12.7 Å². The molecule has 96 valence electrons. The molecule has 0 amide bonds. The number of ether oxygens (including phenoxy) is 1. The lowest BCUT2D eigenvalue weighted by Gasteiger charge is -2.21. The van der Waals surface area contributed by atoms with Crippen LogP contribution in [-0.4, -0.2) is 31.9 Å². The number of aliphatic hydroxyl groups excluding tert-OH is 1. The molecule has 1 fully saturated rings. The average molecular weight is 248 g/mol. The number of nitrogens with two attached hydrogens (primary N) is 1. The van der Waals surface area contributed by atoms with Gasteiger partial charge < -0.3 is 15.6 Å². The molecular formula is C12H16N4O2. The maximum absolute atomic E-state index is 9.32. The zero-order valence-corrected chi connectivity index (χ0v) is 10.2. The summed E-state index contributed by atoms with van der Waals surface area (Å²) < 4.78 is 7.68. The first-order chi connectivity index (χ1) is 8.63. The van der Waals surface area contributed by atoms with Gasteiger partial charge in [-0.25, -0.2) is 9.50 Å². The van der Waals surface area contributed by atoms with Crippen molar-refractivity contribution in [1.29, 1.82) is 0 Å². The summed E-state index contributed by atoms with van der Waals surface area (Å²) in [7, 11) is 0. The fraction of sp³-hybridized carbons (Fsp3) is 0.500. The lowest BCUT2D eigenvalue weighted by atomic mass is 10.0. The van der Waals surface area contributed by atoms with Crippen LogP contribution in [0.2, 0.25) is 0 Å². The lowest BCUT2D eigenvalue weighted by molar-refractivity contribution is -0.0635. The van der Waals surface area contributed by atoms with E-state index in [0.717, 1.165) is 24.1 Å². The van der Waals surface area contributed by atoms with Gasteiger partial charge in [-0.05, 0) is 31.9 Å². The van der Waals surface area contributed by atoms with Gasteiger partial charge in [0.2, 0.25) is 0 Å². The van der Waals surface area contributed by atoms with Crippen LogP contribution in [0.1, 0.15) is 31.6 Å². The Hall–Kier alpha value is -1.66. The molecule has 2 aromatic rings. The third kappa shape index (κ3) is 1.65. The van der Waals surface area contributed by atoms with Crippen LogP contribution in [0.25, 0.3) is 5.52 Å². The number of aliphatic hydroxyl groups is 1. The Bertz CT molecular complexity index is 582. The molecule has 0 radical (unpaired) electrons. The van der Waals surface area contributed by atoms with Gasteiger partial charge in [-0.15, -0.1) is 0 Å². The summed E-state index contributed by atoms with van der Waals surface area (Å²) in [6.45, 7) is 1.95. The van der Waals surface area contributed by atoms with Crippen molar-refractivity contribution < 1.29 is 9.84 Å². The van der Waals surface area contributed by atoms with E-state index < -0.39 is 5.60 Å². The van der Waals surface area contributed by atoms with Crippen molar-refractivity contribution in [3.05, 3.63) is 24.2 Å². The number of rotatable bonds is 2. The molecule has 0 spiro atoms. The van der Waals surface area contributed by atoms with Gasteiger partial charge in [0.25, 0.3) is 0 Å². The van der Waals surface area contributed by atoms with E-state index >= 15 is 0 Å². The minimum Gasteiger partial charge on any atom is -0.393 e. The van der Waals surface area contributed by atoms with Crippen molar-refractivity contribution in [2.75, 3.05) is 12.3 Å². The molecule has 3 N–H and O–H groups in total. The van der Waals surface area contributed by atoms with Crippen LogP contribution < -0.4 is 5.73 Å². The summed E-state index contributed by atoms with van der Waals surface area (Å²) >= 11 is 0. The Balaban J connectivity index is 1.99. The zero-order valence-electron chi connectivity index (χ0n) is 10.2. The summed E-state index contributed by atoms with van der Waals surface area (Å²) in [5.41, 5.74) is 7.08. The molecule has 0 aromatic carbocycles. The van der Waals surface area contributed by atoms with E-state index in [9.17, 15) is 5.11 Å². The summed E-state index contributed by atoms with van der Waals surface area (Å²) in [6.07, 6.45) is 3.08. The monoisotopic (exact) mass is 248 g/mol. The van der Waals surface area contributed by atoms with Crippen LogP contribution in [0.4, 0.5) is 5.82 Å². The van der Waals surface area contributed by atoms with E-state index in [2.05, 4.69) is 10.1 Å². The first kappa shape index (κ1) is 11.4. The summed E-state index contributed by atoms with van der Waals surface area (Å²) in [4.78, 5) is 3.96. The molecule has 0 aliphatic carbocycles. The van der Waals surface area contributed by atoms with E-state index in [0.29, 0.717) is 5.82 Å². The van der Waals surface area contributed by atoms with Gasteiger partial charge >= 0.3 is 0 Å². The lowest BCUT2D eigenvalue weighted by Crippen LogP contribution is -2.28. The van der Waals surface area contributed by atoms with Gasteiger partial charge in [-0.2, -0.15) is 5.10 Å². The molecule has 18 heavy (non-hydrogen) atoms. The average Bonchev–Trinajstić information content (AvgIpc) is 2.94. The third-order valence-electron chi connectivity index (χ3n) is 3.54. The second kappa shape index (κ2) is 3.93. The fourth-order valence-corrected chi connectivity index (χ4v) is 2.44. The van der Waals surface area contributed by atoms with Crippen LogP contribution in [0.15, 0.2) is 18.5 Å². The molecule has 1 aliphatic heterocycles. The molecule has 6 heteroatoms. The number of nitrogen functional groups attached to an aromatic ring is 1. The van der Waals surface area contributed by atoms with E-state index in [1.54, 1.807) is 4.52 Å². The molecule has 1 saturated heterocycles. The highest BCUT2D eigenvalue weighted by Gasteiger charge is 2.37. The van der Waals surface area contributed by atoms with Crippen molar-refractivity contribution in [1.82, 2.24) is 14.6 Å². The molecule has 2 aromatic heterocycles. The second-order valence-corrected chi connectivity index (χ2v) is 4.95. The van der Waals surface area contributed by atoms with Crippen molar-refractivity contribution in [3.63, 3.8) is 0 Å². The topological polar surface area (TPSA) is 85.7 Å². The van der Waals surface area contributed by atoms with Crippen molar-refractivity contribution in [2.24, 2.45) is 0 Å². The normalized spacial score (nSPS) is 28.0.